The number of nitrogens with one attached hydrogen (secondary N) is 1. The van der Waals surface area contributed by atoms with Crippen LogP contribution in [-0.4, -0.2) is 11.3 Å². The summed E-state index contributed by atoms with van der Waals surface area (Å²) < 4.78 is 27.9. The van der Waals surface area contributed by atoms with Crippen LogP contribution in [0, 0.1) is 17.6 Å². The van der Waals surface area contributed by atoms with Gasteiger partial charge in [-0.3, -0.25) is 0 Å². The van der Waals surface area contributed by atoms with Gasteiger partial charge in [-0.25, -0.2) is 8.78 Å². The van der Waals surface area contributed by atoms with E-state index in [1.165, 1.54) is 23.9 Å². The van der Waals surface area contributed by atoms with E-state index in [1.807, 2.05) is 20.8 Å². The Morgan fingerprint density at radius 2 is 1.58 bits per heavy atom. The minimum absolute atomic E-state index is 0.134. The van der Waals surface area contributed by atoms with Crippen molar-refractivity contribution in [3.05, 3.63) is 29.3 Å². The van der Waals surface area contributed by atoms with Gasteiger partial charge in [0.05, 0.1) is 4.90 Å². The third kappa shape index (κ3) is 5.11. The van der Waals surface area contributed by atoms with Gasteiger partial charge in [0.25, 0.3) is 0 Å². The molecule has 0 amide bonds. The van der Waals surface area contributed by atoms with Crippen LogP contribution in [-0.2, 0) is 6.54 Å². The molecule has 19 heavy (non-hydrogen) atoms. The van der Waals surface area contributed by atoms with E-state index >= 15 is 0 Å². The van der Waals surface area contributed by atoms with Gasteiger partial charge in [0.2, 0.25) is 0 Å². The van der Waals surface area contributed by atoms with Crippen LogP contribution >= 0.6 is 11.8 Å². The summed E-state index contributed by atoms with van der Waals surface area (Å²) in [7, 11) is 0. The van der Waals surface area contributed by atoms with Crippen LogP contribution in [0.2, 0.25) is 0 Å². The molecule has 1 unspecified atom stereocenters. The average molecular weight is 287 g/mol. The molecule has 0 fully saturated rings. The fourth-order valence-electron chi connectivity index (χ4n) is 1.47. The lowest BCUT2D eigenvalue weighted by molar-refractivity contribution is 0.527. The molecular weight excluding hydrogens is 264 g/mol. The van der Waals surface area contributed by atoms with Crippen LogP contribution in [0.3, 0.4) is 0 Å². The van der Waals surface area contributed by atoms with Crippen LogP contribution in [0.5, 0.6) is 0 Å². The SMILES string of the molecule is CC(C)NCc1cc(F)c(SC(C)C(C)C)c(F)c1. The van der Waals surface area contributed by atoms with Crippen LogP contribution < -0.4 is 5.32 Å². The van der Waals surface area contributed by atoms with Gasteiger partial charge >= 0.3 is 0 Å². The summed E-state index contributed by atoms with van der Waals surface area (Å²) in [5, 5.41) is 3.34. The first-order chi connectivity index (χ1) is 8.81. The normalized spacial score (nSPS) is 13.3. The fourth-order valence-corrected chi connectivity index (χ4v) is 2.46. The highest BCUT2D eigenvalue weighted by atomic mass is 32.2. The lowest BCUT2D eigenvalue weighted by Crippen LogP contribution is -2.22. The monoisotopic (exact) mass is 287 g/mol. The molecule has 108 valence electrons. The lowest BCUT2D eigenvalue weighted by Gasteiger charge is -2.16. The van der Waals surface area contributed by atoms with Crippen LogP contribution in [0.25, 0.3) is 0 Å². The summed E-state index contributed by atoms with van der Waals surface area (Å²) in [5.41, 5.74) is 0.644. The molecule has 0 aliphatic carbocycles. The summed E-state index contributed by atoms with van der Waals surface area (Å²) >= 11 is 1.27. The second kappa shape index (κ2) is 7.25. The highest BCUT2D eigenvalue weighted by Gasteiger charge is 2.17. The predicted molar refractivity (Wildman–Crippen MR) is 78.5 cm³/mol. The molecule has 1 aromatic carbocycles. The van der Waals surface area contributed by atoms with Crippen molar-refractivity contribution in [2.45, 2.75) is 57.4 Å². The Bertz CT molecular complexity index is 396. The molecule has 0 aromatic heterocycles. The van der Waals surface area contributed by atoms with Crippen LogP contribution in [0.15, 0.2) is 17.0 Å². The summed E-state index contributed by atoms with van der Waals surface area (Å²) in [6.07, 6.45) is 0. The molecule has 0 bridgehead atoms. The molecule has 1 N–H and O–H groups in total. The van der Waals surface area contributed by atoms with Gasteiger partial charge in [0.15, 0.2) is 0 Å². The molecule has 4 heteroatoms. The average Bonchev–Trinajstić information content (AvgIpc) is 2.30. The molecule has 1 nitrogen and oxygen atoms in total. The van der Waals surface area contributed by atoms with Gasteiger partial charge in [-0.2, -0.15) is 0 Å². The van der Waals surface area contributed by atoms with Crippen molar-refractivity contribution in [2.75, 3.05) is 0 Å². The van der Waals surface area contributed by atoms with E-state index in [9.17, 15) is 8.78 Å². The van der Waals surface area contributed by atoms with Gasteiger partial charge in [-0.1, -0.05) is 34.6 Å². The summed E-state index contributed by atoms with van der Waals surface area (Å²) in [4.78, 5) is 0.134. The Hall–Kier alpha value is -0.610. The number of hydrogen-bond donors (Lipinski definition) is 1. The third-order valence-corrected chi connectivity index (χ3v) is 4.56. The Kier molecular flexibility index (Phi) is 6.27. The van der Waals surface area contributed by atoms with E-state index in [-0.39, 0.29) is 10.1 Å². The van der Waals surface area contributed by atoms with Crippen LogP contribution in [0.1, 0.15) is 40.2 Å². The third-order valence-electron chi connectivity index (χ3n) is 3.02. The van der Waals surface area contributed by atoms with Crippen molar-refractivity contribution in [3.8, 4) is 0 Å². The Morgan fingerprint density at radius 1 is 1.05 bits per heavy atom. The van der Waals surface area contributed by atoms with Gasteiger partial charge in [-0.15, -0.1) is 11.8 Å². The zero-order valence-corrected chi connectivity index (χ0v) is 13.1. The maximum Gasteiger partial charge on any atom is 0.140 e. The first-order valence-corrected chi connectivity index (χ1v) is 7.57. The van der Waals surface area contributed by atoms with Crippen molar-refractivity contribution in [2.24, 2.45) is 5.92 Å². The molecule has 0 heterocycles. The lowest BCUT2D eigenvalue weighted by atomic mass is 10.2. The summed E-state index contributed by atoms with van der Waals surface area (Å²) in [6.45, 7) is 10.6. The van der Waals surface area contributed by atoms with Crippen molar-refractivity contribution >= 4 is 11.8 Å². The molecule has 0 spiro atoms. The molecule has 0 saturated carbocycles. The van der Waals surface area contributed by atoms with E-state index in [1.54, 1.807) is 0 Å². The highest BCUT2D eigenvalue weighted by molar-refractivity contribution is 8.00. The van der Waals surface area contributed by atoms with E-state index in [2.05, 4.69) is 19.2 Å². The molecule has 0 aliphatic heterocycles. The van der Waals surface area contributed by atoms with Crippen molar-refractivity contribution in [1.29, 1.82) is 0 Å². The van der Waals surface area contributed by atoms with Gasteiger partial charge in [0.1, 0.15) is 11.6 Å². The van der Waals surface area contributed by atoms with Crippen molar-refractivity contribution in [3.63, 3.8) is 0 Å². The largest absolute Gasteiger partial charge is 0.310 e. The molecular formula is C15H23F2NS. The highest BCUT2D eigenvalue weighted by Crippen LogP contribution is 2.32. The molecule has 1 rings (SSSR count). The van der Waals surface area contributed by atoms with E-state index in [0.29, 0.717) is 24.1 Å². The second-order valence-corrected chi connectivity index (χ2v) is 6.88. The van der Waals surface area contributed by atoms with Gasteiger partial charge in [-0.05, 0) is 23.6 Å². The number of benzene rings is 1. The zero-order valence-electron chi connectivity index (χ0n) is 12.3. The van der Waals surface area contributed by atoms with E-state index < -0.39 is 11.6 Å². The number of thioether (sulfide) groups is 1. The molecule has 0 radical (unpaired) electrons. The Balaban J connectivity index is 2.85. The topological polar surface area (TPSA) is 12.0 Å². The van der Waals surface area contributed by atoms with Crippen molar-refractivity contribution < 1.29 is 8.78 Å². The fraction of sp³-hybridized carbons (Fsp3) is 0.600. The smallest absolute Gasteiger partial charge is 0.140 e. The quantitative estimate of drug-likeness (QED) is 0.767. The Labute approximate surface area is 119 Å². The molecule has 0 saturated heterocycles. The van der Waals surface area contributed by atoms with Gasteiger partial charge in [0, 0.05) is 17.8 Å². The predicted octanol–water partition coefficient (Wildman–Crippen LogP) is 4.60. The minimum Gasteiger partial charge on any atom is -0.310 e. The first kappa shape index (κ1) is 16.4. The van der Waals surface area contributed by atoms with Gasteiger partial charge < -0.3 is 5.32 Å². The maximum atomic E-state index is 14.0. The maximum absolute atomic E-state index is 14.0. The van der Waals surface area contributed by atoms with Crippen molar-refractivity contribution in [1.82, 2.24) is 5.32 Å². The number of rotatable bonds is 6. The zero-order chi connectivity index (χ0) is 14.6. The number of hydrogen-bond acceptors (Lipinski definition) is 2. The first-order valence-electron chi connectivity index (χ1n) is 6.69. The van der Waals surface area contributed by atoms with E-state index in [0.717, 1.165) is 0 Å². The summed E-state index contributed by atoms with van der Waals surface area (Å²) in [5.74, 6) is -0.540. The number of halogens is 2. The molecule has 0 aliphatic rings. The molecule has 1 aromatic rings. The summed E-state index contributed by atoms with van der Waals surface area (Å²) in [6, 6.07) is 3.14. The second-order valence-electron chi connectivity index (χ2n) is 5.49. The van der Waals surface area contributed by atoms with Crippen LogP contribution in [0.4, 0.5) is 8.78 Å². The molecule has 1 atom stereocenters. The Morgan fingerprint density at radius 3 is 2.00 bits per heavy atom. The standard InChI is InChI=1S/C15H23F2NS/c1-9(2)11(5)19-15-13(16)6-12(7-14(15)17)8-18-10(3)4/h6-7,9-11,18H,8H2,1-5H3. The minimum atomic E-state index is -0.460. The van der Waals surface area contributed by atoms with E-state index in [4.69, 9.17) is 0 Å².